The summed E-state index contributed by atoms with van der Waals surface area (Å²) in [5, 5.41) is 0. The van der Waals surface area contributed by atoms with Gasteiger partial charge >= 0.3 is 0 Å². The smallest absolute Gasteiger partial charge is 0.226 e. The van der Waals surface area contributed by atoms with Gasteiger partial charge in [0.1, 0.15) is 16.3 Å². The minimum Gasteiger partial charge on any atom is -1.00 e. The second kappa shape index (κ2) is 5.50. The lowest BCUT2D eigenvalue weighted by Gasteiger charge is -2.01. The number of fused-ring (bicyclic) bond motifs is 1. The maximum absolute atomic E-state index is 5.92. The largest absolute Gasteiger partial charge is 1.00 e. The van der Waals surface area contributed by atoms with Crippen LogP contribution in [0.3, 0.4) is 0 Å². The van der Waals surface area contributed by atoms with Crippen molar-refractivity contribution in [3.63, 3.8) is 0 Å². The van der Waals surface area contributed by atoms with Crippen molar-refractivity contribution in [3.05, 3.63) is 47.4 Å². The van der Waals surface area contributed by atoms with Crippen molar-refractivity contribution in [2.45, 2.75) is 13.5 Å². The Labute approximate surface area is 121 Å². The lowest BCUT2D eigenvalue weighted by molar-refractivity contribution is -0.658. The molecule has 0 bridgehead atoms. The summed E-state index contributed by atoms with van der Waals surface area (Å²) in [6, 6.07) is 8.32. The van der Waals surface area contributed by atoms with Crippen LogP contribution < -0.4 is 22.7 Å². The van der Waals surface area contributed by atoms with E-state index in [1.54, 1.807) is 17.5 Å². The highest BCUT2D eigenvalue weighted by Gasteiger charge is 2.14. The van der Waals surface area contributed by atoms with Gasteiger partial charge in [-0.15, -0.1) is 0 Å². The quantitative estimate of drug-likeness (QED) is 0.612. The van der Waals surface area contributed by atoms with Crippen molar-refractivity contribution in [1.82, 2.24) is 9.97 Å². The summed E-state index contributed by atoms with van der Waals surface area (Å²) in [6.45, 7) is 2.55. The van der Waals surface area contributed by atoms with Gasteiger partial charge in [0.05, 0.1) is 5.56 Å². The van der Waals surface area contributed by atoms with E-state index in [1.165, 1.54) is 10.2 Å². The molecule has 0 aliphatic rings. The summed E-state index contributed by atoms with van der Waals surface area (Å²) in [4.78, 5) is 8.39. The van der Waals surface area contributed by atoms with E-state index in [9.17, 15) is 0 Å². The molecule has 6 heteroatoms. The molecule has 4 nitrogen and oxygen atoms in total. The van der Waals surface area contributed by atoms with Crippen LogP contribution >= 0.6 is 11.3 Å². The Balaban J connectivity index is 0.00000133. The highest BCUT2D eigenvalue weighted by molar-refractivity contribution is 7.16. The lowest BCUT2D eigenvalue weighted by atomic mass is 10.3. The van der Waals surface area contributed by atoms with E-state index in [-0.39, 0.29) is 12.4 Å². The van der Waals surface area contributed by atoms with Crippen LogP contribution in [0.4, 0.5) is 5.82 Å². The van der Waals surface area contributed by atoms with E-state index in [1.807, 2.05) is 19.1 Å². The monoisotopic (exact) mass is 292 g/mol. The van der Waals surface area contributed by atoms with Crippen molar-refractivity contribution in [2.24, 2.45) is 0 Å². The fraction of sp³-hybridized carbons (Fsp3) is 0.154. The Morgan fingerprint density at radius 3 is 2.89 bits per heavy atom. The van der Waals surface area contributed by atoms with Gasteiger partial charge in [-0.1, -0.05) is 23.5 Å². The molecular formula is C13H13ClN4S. The Kier molecular flexibility index (Phi) is 3.97. The molecule has 1 aromatic carbocycles. The molecule has 0 amide bonds. The van der Waals surface area contributed by atoms with Crippen LogP contribution in [-0.2, 0) is 6.54 Å². The highest BCUT2D eigenvalue weighted by Crippen LogP contribution is 2.16. The maximum atomic E-state index is 5.92. The van der Waals surface area contributed by atoms with Crippen molar-refractivity contribution in [3.8, 4) is 0 Å². The zero-order chi connectivity index (χ0) is 12.5. The fourth-order valence-electron chi connectivity index (χ4n) is 1.91. The van der Waals surface area contributed by atoms with E-state index in [4.69, 9.17) is 5.73 Å². The molecule has 2 N–H and O–H groups in total. The molecular weight excluding hydrogens is 280 g/mol. The second-order valence-electron chi connectivity index (χ2n) is 4.15. The van der Waals surface area contributed by atoms with Gasteiger partial charge in [-0.3, -0.25) is 0 Å². The summed E-state index contributed by atoms with van der Waals surface area (Å²) in [7, 11) is 0. The van der Waals surface area contributed by atoms with Gasteiger partial charge in [0.2, 0.25) is 11.0 Å². The predicted molar refractivity (Wildman–Crippen MR) is 72.3 cm³/mol. The molecule has 3 aromatic rings. The van der Waals surface area contributed by atoms with Crippen molar-refractivity contribution < 1.29 is 17.0 Å². The number of aryl methyl sites for hydroxylation is 1. The van der Waals surface area contributed by atoms with Crippen LogP contribution in [0, 0.1) is 6.92 Å². The number of halogens is 1. The van der Waals surface area contributed by atoms with Crippen LogP contribution in [0.2, 0.25) is 0 Å². The van der Waals surface area contributed by atoms with Gasteiger partial charge in [0.25, 0.3) is 0 Å². The molecule has 0 unspecified atom stereocenters. The number of thiazole rings is 1. The van der Waals surface area contributed by atoms with E-state index >= 15 is 0 Å². The van der Waals surface area contributed by atoms with E-state index in [0.717, 1.165) is 5.56 Å². The zero-order valence-corrected chi connectivity index (χ0v) is 11.9. The third-order valence-corrected chi connectivity index (χ3v) is 3.80. The number of nitrogen functional groups attached to an aromatic ring is 1. The number of benzene rings is 1. The number of aromatic nitrogens is 3. The van der Waals surface area contributed by atoms with Gasteiger partial charge in [0, 0.05) is 12.3 Å². The van der Waals surface area contributed by atoms with Crippen LogP contribution in [0.1, 0.15) is 11.4 Å². The number of rotatable bonds is 2. The van der Waals surface area contributed by atoms with Gasteiger partial charge in [-0.05, 0) is 13.0 Å². The third-order valence-electron chi connectivity index (χ3n) is 2.84. The average molecular weight is 293 g/mol. The molecule has 0 aliphatic carbocycles. The fourth-order valence-corrected chi connectivity index (χ4v) is 2.80. The molecule has 0 saturated heterocycles. The number of hydrogen-bond donors (Lipinski definition) is 1. The molecule has 2 heterocycles. The molecule has 3 rings (SSSR count). The second-order valence-corrected chi connectivity index (χ2v) is 5.03. The first-order chi connectivity index (χ1) is 8.74. The summed E-state index contributed by atoms with van der Waals surface area (Å²) < 4.78 is 3.44. The van der Waals surface area contributed by atoms with Crippen LogP contribution in [0.25, 0.3) is 10.2 Å². The van der Waals surface area contributed by atoms with Gasteiger partial charge < -0.3 is 18.1 Å². The third kappa shape index (κ3) is 2.67. The zero-order valence-electron chi connectivity index (χ0n) is 10.4. The predicted octanol–water partition coefficient (Wildman–Crippen LogP) is -1.08. The molecule has 0 atom stereocenters. The highest BCUT2D eigenvalue weighted by atomic mass is 35.5. The van der Waals surface area contributed by atoms with Crippen LogP contribution in [-0.4, -0.2) is 9.97 Å². The minimum absolute atomic E-state index is 0. The molecule has 98 valence electrons. The van der Waals surface area contributed by atoms with E-state index in [0.29, 0.717) is 18.2 Å². The first kappa shape index (κ1) is 13.7. The number of nitrogens with zero attached hydrogens (tertiary/aromatic N) is 3. The molecule has 19 heavy (non-hydrogen) atoms. The first-order valence-corrected chi connectivity index (χ1v) is 6.55. The standard InChI is InChI=1S/C13H13N4S.ClH/c1-9-15-6-10(13(14)16-9)7-17-8-18-12-5-3-2-4-11(12)17;/h2-6,8H,7H2,1H3,(H2,14,15,16);1H/q+1;/p-1. The van der Waals surface area contributed by atoms with Crippen molar-refractivity contribution >= 4 is 27.4 Å². The van der Waals surface area contributed by atoms with Gasteiger partial charge in [-0.25, -0.2) is 9.97 Å². The van der Waals surface area contributed by atoms with Gasteiger partial charge in [0.15, 0.2) is 6.54 Å². The molecule has 0 saturated carbocycles. The average Bonchev–Trinajstić information content (AvgIpc) is 2.76. The van der Waals surface area contributed by atoms with Gasteiger partial charge in [-0.2, -0.15) is 4.57 Å². The summed E-state index contributed by atoms with van der Waals surface area (Å²) in [5.74, 6) is 1.27. The maximum Gasteiger partial charge on any atom is 0.226 e. The van der Waals surface area contributed by atoms with Crippen LogP contribution in [0.5, 0.6) is 0 Å². The Bertz CT molecular complexity index is 711. The Morgan fingerprint density at radius 2 is 2.11 bits per heavy atom. The summed E-state index contributed by atoms with van der Waals surface area (Å²) in [6.07, 6.45) is 1.80. The topological polar surface area (TPSA) is 55.7 Å². The Morgan fingerprint density at radius 1 is 1.32 bits per heavy atom. The number of anilines is 1. The van der Waals surface area contributed by atoms with E-state index in [2.05, 4.69) is 32.2 Å². The summed E-state index contributed by atoms with van der Waals surface area (Å²) in [5.41, 5.74) is 10.2. The van der Waals surface area contributed by atoms with Crippen LogP contribution in [0.15, 0.2) is 36.0 Å². The van der Waals surface area contributed by atoms with Crippen molar-refractivity contribution in [1.29, 1.82) is 0 Å². The molecule has 0 fully saturated rings. The molecule has 0 aliphatic heterocycles. The molecule has 2 aromatic heterocycles. The van der Waals surface area contributed by atoms with E-state index < -0.39 is 0 Å². The Hall–Kier alpha value is -1.72. The number of hydrogen-bond acceptors (Lipinski definition) is 4. The normalized spacial score (nSPS) is 10.4. The summed E-state index contributed by atoms with van der Waals surface area (Å²) >= 11 is 1.72. The van der Waals surface area contributed by atoms with Crippen molar-refractivity contribution in [2.75, 3.05) is 5.73 Å². The number of para-hydroxylation sites is 1. The number of nitrogens with two attached hydrogens (primary N) is 1. The SMILES string of the molecule is Cc1ncc(C[n+]2csc3ccccc32)c(N)n1.[Cl-]. The first-order valence-electron chi connectivity index (χ1n) is 5.68. The molecule has 0 spiro atoms. The molecule has 0 radical (unpaired) electrons. The lowest BCUT2D eigenvalue weighted by Crippen LogP contribution is -3.00. The minimum atomic E-state index is 0.